The normalized spacial score (nSPS) is 11.6. The van der Waals surface area contributed by atoms with Gasteiger partial charge in [-0.15, -0.1) is 6.42 Å². The van der Waals surface area contributed by atoms with Gasteiger partial charge in [0.2, 0.25) is 0 Å². The smallest absolute Gasteiger partial charge is 0.272 e. The van der Waals surface area contributed by atoms with Gasteiger partial charge in [-0.1, -0.05) is 23.3 Å². The Kier molecular flexibility index (Phi) is 6.37. The monoisotopic (exact) mass is 408 g/mol. The average molecular weight is 408 g/mol. The molecule has 0 unspecified atom stereocenters. The topological polar surface area (TPSA) is 62.1 Å². The number of nitrogens with zero attached hydrogens (tertiary/aromatic N) is 2. The molecule has 1 amide bonds. The number of ether oxygens (including phenoxy) is 3. The van der Waals surface area contributed by atoms with Crippen molar-refractivity contribution in [3.63, 3.8) is 0 Å². The van der Waals surface area contributed by atoms with Crippen LogP contribution in [0.25, 0.3) is 16.3 Å². The fraction of sp³-hybridized carbons (Fsp3) is 0.182. The van der Waals surface area contributed by atoms with Crippen molar-refractivity contribution in [1.29, 1.82) is 0 Å². The summed E-state index contributed by atoms with van der Waals surface area (Å²) in [6, 6.07) is 11.0. The molecule has 29 heavy (non-hydrogen) atoms. The van der Waals surface area contributed by atoms with E-state index in [4.69, 9.17) is 20.6 Å². The van der Waals surface area contributed by atoms with Crippen molar-refractivity contribution in [3.8, 4) is 29.6 Å². The van der Waals surface area contributed by atoms with Gasteiger partial charge in [0.15, 0.2) is 16.3 Å². The maximum absolute atomic E-state index is 12.4. The molecule has 0 aliphatic carbocycles. The minimum Gasteiger partial charge on any atom is -0.497 e. The Hall–Kier alpha value is -3.50. The van der Waals surface area contributed by atoms with Crippen LogP contribution in [-0.4, -0.2) is 31.8 Å². The van der Waals surface area contributed by atoms with Crippen LogP contribution in [-0.2, 0) is 11.3 Å². The van der Waals surface area contributed by atoms with E-state index in [1.807, 2.05) is 28.8 Å². The number of hydrogen-bond donors (Lipinski definition) is 0. The highest BCUT2D eigenvalue weighted by molar-refractivity contribution is 7.16. The van der Waals surface area contributed by atoms with Crippen LogP contribution in [0.1, 0.15) is 5.56 Å². The zero-order chi connectivity index (χ0) is 20.8. The van der Waals surface area contributed by atoms with Gasteiger partial charge in [0.05, 0.1) is 38.1 Å². The third kappa shape index (κ3) is 4.50. The molecule has 1 heterocycles. The minimum absolute atomic E-state index is 0.317. The number of rotatable bonds is 6. The van der Waals surface area contributed by atoms with Crippen LogP contribution >= 0.6 is 11.3 Å². The van der Waals surface area contributed by atoms with Crippen LogP contribution in [0.2, 0.25) is 0 Å². The van der Waals surface area contributed by atoms with E-state index in [0.29, 0.717) is 22.8 Å². The van der Waals surface area contributed by atoms with E-state index >= 15 is 0 Å². The SMILES string of the molecule is C#CCn1c(=NC(=O)C=Cc2ccc(OC)c(OC)c2)sc2cc(OC)ccc21. The van der Waals surface area contributed by atoms with Gasteiger partial charge in [-0.3, -0.25) is 4.79 Å². The standard InChI is InChI=1S/C22H20N2O4S/c1-5-12-24-17-9-8-16(26-2)14-20(17)29-22(24)23-21(25)11-7-15-6-10-18(27-3)19(13-15)28-4/h1,6-11,13-14H,12H2,2-4H3. The molecule has 2 aromatic carbocycles. The lowest BCUT2D eigenvalue weighted by Crippen LogP contribution is -2.15. The summed E-state index contributed by atoms with van der Waals surface area (Å²) in [7, 11) is 4.74. The average Bonchev–Trinajstić information content (AvgIpc) is 3.08. The molecule has 7 heteroatoms. The number of fused-ring (bicyclic) bond motifs is 1. The highest BCUT2D eigenvalue weighted by Gasteiger charge is 2.08. The molecule has 0 bridgehead atoms. The van der Waals surface area contributed by atoms with E-state index < -0.39 is 0 Å². The molecule has 6 nitrogen and oxygen atoms in total. The van der Waals surface area contributed by atoms with E-state index in [-0.39, 0.29) is 5.91 Å². The second-order valence-corrected chi connectivity index (χ2v) is 6.92. The van der Waals surface area contributed by atoms with Crippen molar-refractivity contribution < 1.29 is 19.0 Å². The first-order valence-corrected chi connectivity index (χ1v) is 9.51. The third-order valence-electron chi connectivity index (χ3n) is 4.17. The Morgan fingerprint density at radius 2 is 1.93 bits per heavy atom. The molecule has 0 radical (unpaired) electrons. The summed E-state index contributed by atoms with van der Waals surface area (Å²) in [6.45, 7) is 0.317. The number of thiazole rings is 1. The summed E-state index contributed by atoms with van der Waals surface area (Å²) in [5.41, 5.74) is 1.70. The number of carbonyl (C=O) groups excluding carboxylic acids is 1. The first-order chi connectivity index (χ1) is 14.1. The van der Waals surface area contributed by atoms with Crippen molar-refractivity contribution in [3.05, 3.63) is 52.8 Å². The molecule has 0 N–H and O–H groups in total. The van der Waals surface area contributed by atoms with Crippen molar-refractivity contribution in [1.82, 2.24) is 4.57 Å². The minimum atomic E-state index is -0.385. The quantitative estimate of drug-likeness (QED) is 0.463. The second kappa shape index (κ2) is 9.13. The predicted molar refractivity (Wildman–Crippen MR) is 114 cm³/mol. The van der Waals surface area contributed by atoms with Gasteiger partial charge < -0.3 is 18.8 Å². The zero-order valence-electron chi connectivity index (χ0n) is 16.3. The summed E-state index contributed by atoms with van der Waals surface area (Å²) < 4.78 is 18.5. The van der Waals surface area contributed by atoms with Crippen molar-refractivity contribution in [2.45, 2.75) is 6.54 Å². The highest BCUT2D eigenvalue weighted by Crippen LogP contribution is 2.28. The molecule has 0 fully saturated rings. The molecule has 0 atom stereocenters. The van der Waals surface area contributed by atoms with E-state index in [1.54, 1.807) is 39.5 Å². The zero-order valence-corrected chi connectivity index (χ0v) is 17.2. The Morgan fingerprint density at radius 3 is 2.62 bits per heavy atom. The Balaban J connectivity index is 1.94. The fourth-order valence-corrected chi connectivity index (χ4v) is 3.83. The number of benzene rings is 2. The highest BCUT2D eigenvalue weighted by atomic mass is 32.1. The van der Waals surface area contributed by atoms with Crippen LogP contribution in [0.4, 0.5) is 0 Å². The van der Waals surface area contributed by atoms with Crippen LogP contribution in [0.15, 0.2) is 47.5 Å². The molecule has 3 rings (SSSR count). The number of carbonyl (C=O) groups is 1. The summed E-state index contributed by atoms with van der Waals surface area (Å²) in [6.07, 6.45) is 8.58. The molecular weight excluding hydrogens is 388 g/mol. The van der Waals surface area contributed by atoms with Gasteiger partial charge in [-0.25, -0.2) is 0 Å². The molecule has 0 saturated heterocycles. The van der Waals surface area contributed by atoms with Crippen LogP contribution < -0.4 is 19.0 Å². The van der Waals surface area contributed by atoms with Gasteiger partial charge in [-0.2, -0.15) is 4.99 Å². The van der Waals surface area contributed by atoms with E-state index in [0.717, 1.165) is 21.5 Å². The van der Waals surface area contributed by atoms with Crippen LogP contribution in [0.5, 0.6) is 17.2 Å². The van der Waals surface area contributed by atoms with Crippen molar-refractivity contribution in [2.24, 2.45) is 4.99 Å². The van der Waals surface area contributed by atoms with Gasteiger partial charge in [0, 0.05) is 6.08 Å². The molecule has 1 aromatic heterocycles. The number of hydrogen-bond acceptors (Lipinski definition) is 5. The number of methoxy groups -OCH3 is 3. The van der Waals surface area contributed by atoms with Gasteiger partial charge in [0.1, 0.15) is 5.75 Å². The van der Waals surface area contributed by atoms with Crippen LogP contribution in [0.3, 0.4) is 0 Å². The maximum Gasteiger partial charge on any atom is 0.272 e. The summed E-state index contributed by atoms with van der Waals surface area (Å²) in [5, 5.41) is 0. The lowest BCUT2D eigenvalue weighted by Gasteiger charge is -2.07. The summed E-state index contributed by atoms with van der Waals surface area (Å²) >= 11 is 1.38. The summed E-state index contributed by atoms with van der Waals surface area (Å²) in [4.78, 5) is 17.2. The van der Waals surface area contributed by atoms with Gasteiger partial charge in [-0.05, 0) is 42.0 Å². The van der Waals surface area contributed by atoms with Gasteiger partial charge in [0.25, 0.3) is 5.91 Å². The van der Waals surface area contributed by atoms with E-state index in [9.17, 15) is 4.79 Å². The number of amides is 1. The fourth-order valence-electron chi connectivity index (χ4n) is 2.77. The molecule has 0 saturated carbocycles. The first kappa shape index (κ1) is 20.2. The Morgan fingerprint density at radius 1 is 1.14 bits per heavy atom. The van der Waals surface area contributed by atoms with Crippen LogP contribution in [0, 0.1) is 12.3 Å². The lowest BCUT2D eigenvalue weighted by molar-refractivity contribution is -0.113. The maximum atomic E-state index is 12.4. The second-order valence-electron chi connectivity index (χ2n) is 5.91. The molecular formula is C22H20N2O4S. The van der Waals surface area contributed by atoms with Crippen molar-refractivity contribution >= 4 is 33.5 Å². The molecule has 0 aliphatic rings. The number of terminal acetylenes is 1. The number of aromatic nitrogens is 1. The lowest BCUT2D eigenvalue weighted by atomic mass is 10.2. The molecule has 148 valence electrons. The van der Waals surface area contributed by atoms with E-state index in [1.165, 1.54) is 17.4 Å². The largest absolute Gasteiger partial charge is 0.497 e. The Labute approximate surface area is 172 Å². The molecule has 0 spiro atoms. The first-order valence-electron chi connectivity index (χ1n) is 8.69. The van der Waals surface area contributed by atoms with Gasteiger partial charge >= 0.3 is 0 Å². The summed E-state index contributed by atoms with van der Waals surface area (Å²) in [5.74, 6) is 4.17. The van der Waals surface area contributed by atoms with E-state index in [2.05, 4.69) is 10.9 Å². The third-order valence-corrected chi connectivity index (χ3v) is 5.21. The molecule has 0 aliphatic heterocycles. The Bertz CT molecular complexity index is 1180. The predicted octanol–water partition coefficient (Wildman–Crippen LogP) is 3.50. The van der Waals surface area contributed by atoms with Crippen molar-refractivity contribution in [2.75, 3.05) is 21.3 Å². The molecule has 3 aromatic rings.